The number of sulfonamides is 1. The lowest BCUT2D eigenvalue weighted by Crippen LogP contribution is -2.30. The van der Waals surface area contributed by atoms with Crippen LogP contribution in [0.1, 0.15) is 24.8 Å². The van der Waals surface area contributed by atoms with E-state index in [1.807, 2.05) is 60.7 Å². The highest BCUT2D eigenvalue weighted by Crippen LogP contribution is 2.37. The normalized spacial score (nSPS) is 17.7. The van der Waals surface area contributed by atoms with Gasteiger partial charge in [0.15, 0.2) is 0 Å². The molecule has 1 aromatic heterocycles. The average Bonchev–Trinajstić information content (AvgIpc) is 3.44. The number of hydrogen-bond donors (Lipinski definition) is 0. The number of benzene rings is 3. The summed E-state index contributed by atoms with van der Waals surface area (Å²) in [6.45, 7) is 0.433. The van der Waals surface area contributed by atoms with E-state index in [1.54, 1.807) is 12.1 Å². The summed E-state index contributed by atoms with van der Waals surface area (Å²) in [6, 6.07) is 22.0. The first-order valence-corrected chi connectivity index (χ1v) is 11.0. The van der Waals surface area contributed by atoms with Crippen LogP contribution in [0.5, 0.6) is 0 Å². The molecule has 0 spiro atoms. The molecule has 1 aliphatic rings. The standard InChI is InChI=1S/C22H19N3O3S/c26-29(27,19-13-12-16-7-4-5-10-18(16)15-19)25-14-6-11-20(25)22-23-21(24-28-22)17-8-2-1-3-9-17/h1-5,7-10,12-13,15,20H,6,11,14H2. The second-order valence-corrected chi connectivity index (χ2v) is 9.00. The van der Waals surface area contributed by atoms with Crippen LogP contribution in [0.4, 0.5) is 0 Å². The first kappa shape index (κ1) is 18.0. The first-order chi connectivity index (χ1) is 14.1. The fourth-order valence-corrected chi connectivity index (χ4v) is 5.50. The molecule has 0 saturated carbocycles. The summed E-state index contributed by atoms with van der Waals surface area (Å²) in [6.07, 6.45) is 1.41. The Balaban J connectivity index is 1.49. The van der Waals surface area contributed by atoms with Gasteiger partial charge in [0, 0.05) is 12.1 Å². The van der Waals surface area contributed by atoms with Gasteiger partial charge in [-0.15, -0.1) is 0 Å². The highest BCUT2D eigenvalue weighted by atomic mass is 32.2. The molecule has 6 nitrogen and oxygen atoms in total. The maximum atomic E-state index is 13.4. The fourth-order valence-electron chi connectivity index (χ4n) is 3.81. The molecule has 4 aromatic rings. The Hall–Kier alpha value is -3.03. The molecule has 1 aliphatic heterocycles. The van der Waals surface area contributed by atoms with Gasteiger partial charge in [0.25, 0.3) is 0 Å². The molecule has 0 bridgehead atoms. The SMILES string of the molecule is O=S(=O)(c1ccc2ccccc2c1)N1CCCC1c1nc(-c2ccccc2)no1. The third kappa shape index (κ3) is 3.22. The van der Waals surface area contributed by atoms with Crippen LogP contribution >= 0.6 is 0 Å². The third-order valence-corrected chi connectivity index (χ3v) is 7.19. The highest BCUT2D eigenvalue weighted by Gasteiger charge is 2.39. The molecule has 146 valence electrons. The van der Waals surface area contributed by atoms with Crippen LogP contribution in [0.3, 0.4) is 0 Å². The molecule has 1 atom stereocenters. The van der Waals surface area contributed by atoms with Crippen LogP contribution in [0.15, 0.2) is 82.2 Å². The Morgan fingerprint density at radius 3 is 2.52 bits per heavy atom. The molecule has 0 radical (unpaired) electrons. The molecule has 29 heavy (non-hydrogen) atoms. The van der Waals surface area contributed by atoms with E-state index >= 15 is 0 Å². The lowest BCUT2D eigenvalue weighted by atomic mass is 10.1. The minimum absolute atomic E-state index is 0.283. The van der Waals surface area contributed by atoms with E-state index < -0.39 is 16.1 Å². The topological polar surface area (TPSA) is 76.3 Å². The lowest BCUT2D eigenvalue weighted by molar-refractivity contribution is 0.290. The third-order valence-electron chi connectivity index (χ3n) is 5.29. The molecule has 0 amide bonds. The van der Waals surface area contributed by atoms with Crippen molar-refractivity contribution in [2.75, 3.05) is 6.54 Å². The van der Waals surface area contributed by atoms with Crippen molar-refractivity contribution in [3.8, 4) is 11.4 Å². The van der Waals surface area contributed by atoms with Crippen LogP contribution in [0, 0.1) is 0 Å². The van der Waals surface area contributed by atoms with Crippen molar-refractivity contribution in [2.45, 2.75) is 23.8 Å². The van der Waals surface area contributed by atoms with Gasteiger partial charge in [-0.25, -0.2) is 8.42 Å². The monoisotopic (exact) mass is 405 g/mol. The van der Waals surface area contributed by atoms with Crippen molar-refractivity contribution in [1.82, 2.24) is 14.4 Å². The predicted molar refractivity (Wildman–Crippen MR) is 110 cm³/mol. The molecule has 3 aromatic carbocycles. The predicted octanol–water partition coefficient (Wildman–Crippen LogP) is 4.42. The van der Waals surface area contributed by atoms with Crippen molar-refractivity contribution in [3.63, 3.8) is 0 Å². The molecule has 5 rings (SSSR count). The number of fused-ring (bicyclic) bond motifs is 1. The maximum absolute atomic E-state index is 13.4. The average molecular weight is 405 g/mol. The quantitative estimate of drug-likeness (QED) is 0.502. The van der Waals surface area contributed by atoms with E-state index in [1.165, 1.54) is 4.31 Å². The van der Waals surface area contributed by atoms with Crippen molar-refractivity contribution in [1.29, 1.82) is 0 Å². The van der Waals surface area contributed by atoms with Crippen LogP contribution in [-0.2, 0) is 10.0 Å². The van der Waals surface area contributed by atoms with Crippen molar-refractivity contribution in [3.05, 3.63) is 78.7 Å². The maximum Gasteiger partial charge on any atom is 0.245 e. The van der Waals surface area contributed by atoms with Gasteiger partial charge in [0.2, 0.25) is 21.7 Å². The summed E-state index contributed by atoms with van der Waals surface area (Å²) in [5.74, 6) is 0.807. The number of nitrogens with zero attached hydrogens (tertiary/aromatic N) is 3. The second-order valence-electron chi connectivity index (χ2n) is 7.10. The van der Waals surface area contributed by atoms with Gasteiger partial charge >= 0.3 is 0 Å². The molecule has 0 N–H and O–H groups in total. The van der Waals surface area contributed by atoms with Gasteiger partial charge in [-0.05, 0) is 35.7 Å². The minimum Gasteiger partial charge on any atom is -0.337 e. The van der Waals surface area contributed by atoms with E-state index in [-0.39, 0.29) is 4.90 Å². The second kappa shape index (κ2) is 7.09. The van der Waals surface area contributed by atoms with E-state index in [4.69, 9.17) is 4.52 Å². The van der Waals surface area contributed by atoms with Gasteiger partial charge in [-0.1, -0.05) is 65.8 Å². The Morgan fingerprint density at radius 1 is 0.931 bits per heavy atom. The molecule has 1 saturated heterocycles. The van der Waals surface area contributed by atoms with Crippen molar-refractivity contribution in [2.24, 2.45) is 0 Å². The summed E-state index contributed by atoms with van der Waals surface area (Å²) in [5.41, 5.74) is 0.837. The molecular weight excluding hydrogens is 386 g/mol. The highest BCUT2D eigenvalue weighted by molar-refractivity contribution is 7.89. The molecular formula is C22H19N3O3S. The smallest absolute Gasteiger partial charge is 0.245 e. The van der Waals surface area contributed by atoms with Crippen molar-refractivity contribution < 1.29 is 12.9 Å². The Bertz CT molecular complexity index is 1270. The molecule has 0 aliphatic carbocycles. The Labute approximate surface area is 168 Å². The van der Waals surface area contributed by atoms with E-state index in [0.29, 0.717) is 24.7 Å². The molecule has 1 unspecified atom stereocenters. The van der Waals surface area contributed by atoms with E-state index in [9.17, 15) is 8.42 Å². The largest absolute Gasteiger partial charge is 0.337 e. The number of aromatic nitrogens is 2. The summed E-state index contributed by atoms with van der Waals surface area (Å²) in [5, 5.41) is 5.96. The first-order valence-electron chi connectivity index (χ1n) is 9.52. The summed E-state index contributed by atoms with van der Waals surface area (Å²) in [4.78, 5) is 4.77. The Kier molecular flexibility index (Phi) is 4.41. The number of hydrogen-bond acceptors (Lipinski definition) is 5. The van der Waals surface area contributed by atoms with E-state index in [2.05, 4.69) is 10.1 Å². The van der Waals surface area contributed by atoms with Crippen LogP contribution < -0.4 is 0 Å². The van der Waals surface area contributed by atoms with Gasteiger partial charge in [0.05, 0.1) is 4.90 Å². The summed E-state index contributed by atoms with van der Waals surface area (Å²) >= 11 is 0. The lowest BCUT2D eigenvalue weighted by Gasteiger charge is -2.21. The van der Waals surface area contributed by atoms with Gasteiger partial charge < -0.3 is 4.52 Å². The van der Waals surface area contributed by atoms with Gasteiger partial charge in [-0.2, -0.15) is 9.29 Å². The zero-order chi connectivity index (χ0) is 19.8. The molecule has 7 heteroatoms. The summed E-state index contributed by atoms with van der Waals surface area (Å²) < 4.78 is 33.7. The fraction of sp³-hybridized carbons (Fsp3) is 0.182. The van der Waals surface area contributed by atoms with Gasteiger partial charge in [-0.3, -0.25) is 0 Å². The van der Waals surface area contributed by atoms with Crippen LogP contribution in [0.25, 0.3) is 22.2 Å². The van der Waals surface area contributed by atoms with E-state index in [0.717, 1.165) is 22.8 Å². The van der Waals surface area contributed by atoms with Crippen LogP contribution in [0.2, 0.25) is 0 Å². The van der Waals surface area contributed by atoms with Gasteiger partial charge in [0.1, 0.15) is 6.04 Å². The zero-order valence-corrected chi connectivity index (χ0v) is 16.4. The van der Waals surface area contributed by atoms with Crippen LogP contribution in [-0.4, -0.2) is 29.4 Å². The number of rotatable bonds is 4. The summed E-state index contributed by atoms with van der Waals surface area (Å²) in [7, 11) is -3.68. The minimum atomic E-state index is -3.68. The zero-order valence-electron chi connectivity index (χ0n) is 15.6. The molecule has 1 fully saturated rings. The van der Waals surface area contributed by atoms with Crippen molar-refractivity contribution >= 4 is 20.8 Å². The Morgan fingerprint density at radius 2 is 1.69 bits per heavy atom. The molecule has 2 heterocycles.